The molecular weight excluding hydrogens is 271 g/mol. The number of thiophene rings is 1. The second-order valence-corrected chi connectivity index (χ2v) is 6.87. The molecular formula is C14H20F3NS. The van der Waals surface area contributed by atoms with E-state index in [4.69, 9.17) is 0 Å². The lowest BCUT2D eigenvalue weighted by Gasteiger charge is -2.30. The van der Waals surface area contributed by atoms with Gasteiger partial charge in [0.15, 0.2) is 0 Å². The Morgan fingerprint density at radius 1 is 1.21 bits per heavy atom. The Bertz CT molecular complexity index is 417. The van der Waals surface area contributed by atoms with Crippen LogP contribution < -0.4 is 5.32 Å². The molecule has 1 saturated carbocycles. The molecule has 1 aliphatic carbocycles. The highest BCUT2D eigenvalue weighted by Gasteiger charge is 2.41. The predicted molar refractivity (Wildman–Crippen MR) is 72.4 cm³/mol. The Hall–Kier alpha value is -0.550. The number of alkyl halides is 3. The van der Waals surface area contributed by atoms with Gasteiger partial charge in [-0.2, -0.15) is 13.2 Å². The van der Waals surface area contributed by atoms with Crippen molar-refractivity contribution < 1.29 is 13.2 Å². The van der Waals surface area contributed by atoms with Crippen molar-refractivity contribution in [1.82, 2.24) is 5.32 Å². The number of hydrogen-bond donors (Lipinski definition) is 1. The van der Waals surface area contributed by atoms with Gasteiger partial charge in [0.05, 0.1) is 5.92 Å². The van der Waals surface area contributed by atoms with E-state index >= 15 is 0 Å². The summed E-state index contributed by atoms with van der Waals surface area (Å²) in [6.45, 7) is 4.95. The van der Waals surface area contributed by atoms with Gasteiger partial charge in [0.2, 0.25) is 0 Å². The Labute approximate surface area is 116 Å². The summed E-state index contributed by atoms with van der Waals surface area (Å²) in [5.74, 6) is -1.09. The fourth-order valence-electron chi connectivity index (χ4n) is 2.74. The molecule has 1 aromatic rings. The minimum Gasteiger partial charge on any atom is -0.310 e. The first kappa shape index (κ1) is 14.9. The van der Waals surface area contributed by atoms with E-state index in [1.807, 2.05) is 0 Å². The molecule has 0 atom stereocenters. The minimum atomic E-state index is -4.01. The van der Waals surface area contributed by atoms with Gasteiger partial charge < -0.3 is 5.32 Å². The average molecular weight is 291 g/mol. The van der Waals surface area contributed by atoms with E-state index in [0.717, 1.165) is 6.54 Å². The van der Waals surface area contributed by atoms with Gasteiger partial charge in [-0.15, -0.1) is 11.3 Å². The summed E-state index contributed by atoms with van der Waals surface area (Å²) in [7, 11) is 0. The second kappa shape index (κ2) is 5.83. The molecule has 1 aliphatic rings. The molecule has 108 valence electrons. The third-order valence-electron chi connectivity index (χ3n) is 3.92. The highest BCUT2D eigenvalue weighted by molar-refractivity contribution is 7.12. The third kappa shape index (κ3) is 3.96. The summed E-state index contributed by atoms with van der Waals surface area (Å²) in [6.07, 6.45) is -2.21. The van der Waals surface area contributed by atoms with E-state index in [1.54, 1.807) is 11.3 Å². The van der Waals surface area contributed by atoms with E-state index in [-0.39, 0.29) is 18.9 Å². The number of aryl methyl sites for hydroxylation is 2. The zero-order chi connectivity index (χ0) is 14.0. The molecule has 1 nitrogen and oxygen atoms in total. The summed E-state index contributed by atoms with van der Waals surface area (Å²) < 4.78 is 37.7. The summed E-state index contributed by atoms with van der Waals surface area (Å²) in [4.78, 5) is 2.59. The molecule has 1 aromatic heterocycles. The highest BCUT2D eigenvalue weighted by atomic mass is 32.1. The molecule has 19 heavy (non-hydrogen) atoms. The van der Waals surface area contributed by atoms with Crippen molar-refractivity contribution in [3.05, 3.63) is 21.4 Å². The summed E-state index contributed by atoms with van der Waals surface area (Å²) in [6, 6.07) is 2.40. The molecule has 0 bridgehead atoms. The van der Waals surface area contributed by atoms with E-state index in [2.05, 4.69) is 25.2 Å². The largest absolute Gasteiger partial charge is 0.391 e. The van der Waals surface area contributed by atoms with Gasteiger partial charge in [-0.1, -0.05) is 0 Å². The van der Waals surface area contributed by atoms with Crippen LogP contribution in [0.3, 0.4) is 0 Å². The predicted octanol–water partition coefficient (Wildman–Crippen LogP) is 4.58. The summed E-state index contributed by atoms with van der Waals surface area (Å²) in [5, 5.41) is 3.40. The molecule has 0 aliphatic heterocycles. The van der Waals surface area contributed by atoms with Crippen LogP contribution in [0.25, 0.3) is 0 Å². The molecule has 5 heteroatoms. The van der Waals surface area contributed by atoms with Crippen LogP contribution in [0.5, 0.6) is 0 Å². The smallest absolute Gasteiger partial charge is 0.310 e. The topological polar surface area (TPSA) is 12.0 Å². The highest BCUT2D eigenvalue weighted by Crippen LogP contribution is 2.37. The van der Waals surface area contributed by atoms with Crippen LogP contribution in [0.1, 0.15) is 41.0 Å². The van der Waals surface area contributed by atoms with E-state index in [0.29, 0.717) is 12.8 Å². The van der Waals surface area contributed by atoms with Crippen molar-refractivity contribution >= 4 is 11.3 Å². The Balaban J connectivity index is 1.79. The van der Waals surface area contributed by atoms with Gasteiger partial charge in [0.25, 0.3) is 0 Å². The van der Waals surface area contributed by atoms with Gasteiger partial charge in [-0.05, 0) is 51.2 Å². The standard InChI is InChI=1S/C14H20F3NS/c1-9-7-11(10(2)19-9)8-18-13-5-3-12(4-6-13)14(15,16)17/h7,12-13,18H,3-6,8H2,1-2H3. The molecule has 1 N–H and O–H groups in total. The molecule has 0 amide bonds. The molecule has 2 rings (SSSR count). The van der Waals surface area contributed by atoms with Gasteiger partial charge in [0.1, 0.15) is 0 Å². The first-order valence-electron chi connectivity index (χ1n) is 6.72. The van der Waals surface area contributed by atoms with Crippen LogP contribution in [0.15, 0.2) is 6.07 Å². The molecule has 0 saturated heterocycles. The zero-order valence-corrected chi connectivity index (χ0v) is 12.1. The van der Waals surface area contributed by atoms with Crippen molar-refractivity contribution in [1.29, 1.82) is 0 Å². The first-order chi connectivity index (χ1) is 8.86. The Kier molecular flexibility index (Phi) is 4.56. The van der Waals surface area contributed by atoms with Crippen LogP contribution in [0, 0.1) is 19.8 Å². The van der Waals surface area contributed by atoms with Gasteiger partial charge in [-0.25, -0.2) is 0 Å². The lowest BCUT2D eigenvalue weighted by Crippen LogP contribution is -2.36. The zero-order valence-electron chi connectivity index (χ0n) is 11.3. The molecule has 0 radical (unpaired) electrons. The Morgan fingerprint density at radius 2 is 1.84 bits per heavy atom. The van der Waals surface area contributed by atoms with Crippen LogP contribution in [0.4, 0.5) is 13.2 Å². The van der Waals surface area contributed by atoms with Crippen molar-refractivity contribution in [2.24, 2.45) is 5.92 Å². The number of hydrogen-bond acceptors (Lipinski definition) is 2. The molecule has 1 heterocycles. The maximum absolute atomic E-state index is 12.6. The van der Waals surface area contributed by atoms with Gasteiger partial charge in [0, 0.05) is 22.3 Å². The summed E-state index contributed by atoms with van der Waals surface area (Å²) in [5.41, 5.74) is 1.28. The van der Waals surface area contributed by atoms with E-state index < -0.39 is 12.1 Å². The van der Waals surface area contributed by atoms with Crippen molar-refractivity contribution in [2.45, 2.75) is 58.3 Å². The lowest BCUT2D eigenvalue weighted by atomic mass is 9.85. The van der Waals surface area contributed by atoms with Crippen molar-refractivity contribution in [3.63, 3.8) is 0 Å². The maximum atomic E-state index is 12.6. The van der Waals surface area contributed by atoms with Crippen LogP contribution in [-0.2, 0) is 6.54 Å². The first-order valence-corrected chi connectivity index (χ1v) is 7.54. The van der Waals surface area contributed by atoms with Crippen molar-refractivity contribution in [3.8, 4) is 0 Å². The fourth-order valence-corrected chi connectivity index (χ4v) is 3.68. The minimum absolute atomic E-state index is 0.234. The number of nitrogens with one attached hydrogen (secondary N) is 1. The van der Waals surface area contributed by atoms with Gasteiger partial charge in [-0.3, -0.25) is 0 Å². The quantitative estimate of drug-likeness (QED) is 0.860. The Morgan fingerprint density at radius 3 is 2.32 bits per heavy atom. The normalized spacial score (nSPS) is 24.7. The second-order valence-electron chi connectivity index (χ2n) is 5.41. The number of rotatable bonds is 3. The molecule has 1 fully saturated rings. The van der Waals surface area contributed by atoms with Crippen LogP contribution in [-0.4, -0.2) is 12.2 Å². The number of halogens is 3. The van der Waals surface area contributed by atoms with Crippen LogP contribution >= 0.6 is 11.3 Å². The third-order valence-corrected chi connectivity index (χ3v) is 4.92. The van der Waals surface area contributed by atoms with E-state index in [9.17, 15) is 13.2 Å². The summed E-state index contributed by atoms with van der Waals surface area (Å²) >= 11 is 1.77. The van der Waals surface area contributed by atoms with Crippen molar-refractivity contribution in [2.75, 3.05) is 0 Å². The molecule has 0 unspecified atom stereocenters. The van der Waals surface area contributed by atoms with E-state index in [1.165, 1.54) is 15.3 Å². The molecule has 0 spiro atoms. The fraction of sp³-hybridized carbons (Fsp3) is 0.714. The lowest BCUT2D eigenvalue weighted by molar-refractivity contribution is -0.182. The van der Waals surface area contributed by atoms with Gasteiger partial charge >= 0.3 is 6.18 Å². The monoisotopic (exact) mass is 291 g/mol. The SMILES string of the molecule is Cc1cc(CNC2CCC(C(F)(F)F)CC2)c(C)s1. The maximum Gasteiger partial charge on any atom is 0.391 e. The molecule has 0 aromatic carbocycles. The average Bonchev–Trinajstić information content (AvgIpc) is 2.65. The van der Waals surface area contributed by atoms with Crippen LogP contribution in [0.2, 0.25) is 0 Å².